The van der Waals surface area contributed by atoms with Crippen molar-refractivity contribution in [2.75, 3.05) is 0 Å². The first kappa shape index (κ1) is 14.8. The van der Waals surface area contributed by atoms with Crippen LogP contribution in [0.15, 0.2) is 47.8 Å². The second-order valence-electron chi connectivity index (χ2n) is 6.53. The van der Waals surface area contributed by atoms with Crippen LogP contribution in [0.3, 0.4) is 0 Å². The molecular weight excluding hydrogens is 279 g/mol. The van der Waals surface area contributed by atoms with Gasteiger partial charge in [-0.1, -0.05) is 36.4 Å². The zero-order chi connectivity index (χ0) is 15.1. The van der Waals surface area contributed by atoms with E-state index in [1.54, 1.807) is 11.3 Å². The van der Waals surface area contributed by atoms with Gasteiger partial charge in [0.2, 0.25) is 0 Å². The number of rotatable bonds is 3. The van der Waals surface area contributed by atoms with Gasteiger partial charge in [0.1, 0.15) is 0 Å². The van der Waals surface area contributed by atoms with Crippen LogP contribution in [0.2, 0.25) is 0 Å². The third kappa shape index (κ3) is 2.68. The van der Waals surface area contributed by atoms with E-state index in [4.69, 9.17) is 9.31 Å². The molecule has 0 aliphatic carbocycles. The van der Waals surface area contributed by atoms with Crippen molar-refractivity contribution < 1.29 is 9.31 Å². The number of hydrogen-bond donors (Lipinski definition) is 0. The number of benzene rings is 1. The Kier molecular flexibility index (Phi) is 3.72. The van der Waals surface area contributed by atoms with Crippen LogP contribution in [0, 0.1) is 0 Å². The molecule has 1 aromatic carbocycles. The van der Waals surface area contributed by atoms with Gasteiger partial charge >= 0.3 is 7.12 Å². The van der Waals surface area contributed by atoms with Gasteiger partial charge in [0, 0.05) is 4.88 Å². The first-order chi connectivity index (χ1) is 9.91. The van der Waals surface area contributed by atoms with Crippen LogP contribution in [0.5, 0.6) is 0 Å². The van der Waals surface area contributed by atoms with Crippen molar-refractivity contribution in [2.24, 2.45) is 0 Å². The lowest BCUT2D eigenvalue weighted by Crippen LogP contribution is -2.41. The molecule has 2 heterocycles. The molecule has 1 unspecified atom stereocenters. The van der Waals surface area contributed by atoms with Crippen molar-refractivity contribution in [1.29, 1.82) is 0 Å². The van der Waals surface area contributed by atoms with E-state index in [1.165, 1.54) is 10.4 Å². The maximum Gasteiger partial charge on any atom is 0.471 e. The predicted octanol–water partition coefficient (Wildman–Crippen LogP) is 4.51. The van der Waals surface area contributed by atoms with Gasteiger partial charge in [-0.25, -0.2) is 0 Å². The molecule has 1 aliphatic heterocycles. The molecular formula is C17H21BO2S. The van der Waals surface area contributed by atoms with E-state index < -0.39 is 0 Å². The lowest BCUT2D eigenvalue weighted by atomic mass is 9.67. The summed E-state index contributed by atoms with van der Waals surface area (Å²) in [6, 6.07) is 14.7. The average Bonchev–Trinajstić information content (AvgIpc) is 2.99. The maximum atomic E-state index is 6.29. The third-order valence-corrected chi connectivity index (χ3v) is 5.51. The Hall–Kier alpha value is -1.10. The monoisotopic (exact) mass is 300 g/mol. The molecule has 0 spiro atoms. The fourth-order valence-corrected chi connectivity index (χ4v) is 3.47. The molecule has 110 valence electrons. The zero-order valence-corrected chi connectivity index (χ0v) is 13.8. The van der Waals surface area contributed by atoms with Crippen molar-refractivity contribution in [3.63, 3.8) is 0 Å². The van der Waals surface area contributed by atoms with Crippen LogP contribution in [0.1, 0.15) is 44.0 Å². The minimum Gasteiger partial charge on any atom is -0.403 e. The van der Waals surface area contributed by atoms with Crippen molar-refractivity contribution in [2.45, 2.75) is 44.7 Å². The van der Waals surface area contributed by atoms with Crippen LogP contribution in [0.4, 0.5) is 0 Å². The van der Waals surface area contributed by atoms with Gasteiger partial charge in [-0.15, -0.1) is 11.3 Å². The van der Waals surface area contributed by atoms with Crippen LogP contribution in [-0.2, 0) is 9.31 Å². The summed E-state index contributed by atoms with van der Waals surface area (Å²) < 4.78 is 12.6. The molecule has 4 heteroatoms. The minimum absolute atomic E-state index is 0.118. The second kappa shape index (κ2) is 5.27. The first-order valence-electron chi connectivity index (χ1n) is 7.35. The molecule has 1 saturated heterocycles. The van der Waals surface area contributed by atoms with E-state index in [9.17, 15) is 0 Å². The fraction of sp³-hybridized carbons (Fsp3) is 0.412. The first-order valence-corrected chi connectivity index (χ1v) is 8.23. The summed E-state index contributed by atoms with van der Waals surface area (Å²) in [6.45, 7) is 8.40. The van der Waals surface area contributed by atoms with Gasteiger partial charge in [-0.2, -0.15) is 0 Å². The lowest BCUT2D eigenvalue weighted by molar-refractivity contribution is 0.00578. The van der Waals surface area contributed by atoms with E-state index >= 15 is 0 Å². The molecule has 0 saturated carbocycles. The summed E-state index contributed by atoms with van der Waals surface area (Å²) in [5.74, 6) is 0.118. The van der Waals surface area contributed by atoms with Crippen LogP contribution in [0.25, 0.3) is 0 Å². The third-order valence-electron chi connectivity index (χ3n) is 4.55. The molecule has 21 heavy (non-hydrogen) atoms. The molecule has 2 nitrogen and oxygen atoms in total. The van der Waals surface area contributed by atoms with Crippen LogP contribution in [-0.4, -0.2) is 18.3 Å². The molecule has 1 fully saturated rings. The number of thiophene rings is 1. The fourth-order valence-electron chi connectivity index (χ4n) is 2.61. The quantitative estimate of drug-likeness (QED) is 0.776. The van der Waals surface area contributed by atoms with Crippen LogP contribution < -0.4 is 0 Å². The molecule has 1 aliphatic rings. The summed E-state index contributed by atoms with van der Waals surface area (Å²) >= 11 is 1.75. The Labute approximate surface area is 131 Å². The molecule has 0 N–H and O–H groups in total. The van der Waals surface area contributed by atoms with Crippen molar-refractivity contribution in [3.05, 3.63) is 58.3 Å². The summed E-state index contributed by atoms with van der Waals surface area (Å²) in [4.78, 5) is 1.28. The van der Waals surface area contributed by atoms with Gasteiger partial charge in [0.25, 0.3) is 0 Å². The van der Waals surface area contributed by atoms with Gasteiger partial charge in [-0.05, 0) is 44.7 Å². The topological polar surface area (TPSA) is 18.5 Å². The van der Waals surface area contributed by atoms with E-state index in [2.05, 4.69) is 69.5 Å². The van der Waals surface area contributed by atoms with Crippen LogP contribution >= 0.6 is 11.3 Å². The zero-order valence-electron chi connectivity index (χ0n) is 13.0. The molecule has 0 amide bonds. The van der Waals surface area contributed by atoms with Gasteiger partial charge in [0.05, 0.1) is 17.0 Å². The predicted molar refractivity (Wildman–Crippen MR) is 88.7 cm³/mol. The molecule has 0 bridgehead atoms. The second-order valence-corrected chi connectivity index (χ2v) is 7.51. The smallest absolute Gasteiger partial charge is 0.403 e. The molecule has 2 aromatic rings. The van der Waals surface area contributed by atoms with Gasteiger partial charge in [-0.3, -0.25) is 0 Å². The van der Waals surface area contributed by atoms with E-state index in [1.807, 2.05) is 6.07 Å². The highest BCUT2D eigenvalue weighted by atomic mass is 32.1. The summed E-state index contributed by atoms with van der Waals surface area (Å²) in [5, 5.41) is 2.11. The Balaban J connectivity index is 1.99. The Bertz CT molecular complexity index is 577. The molecule has 3 rings (SSSR count). The summed E-state index contributed by atoms with van der Waals surface area (Å²) in [6.07, 6.45) is 0. The maximum absolute atomic E-state index is 6.29. The highest BCUT2D eigenvalue weighted by Gasteiger charge is 2.54. The van der Waals surface area contributed by atoms with E-state index in [0.717, 1.165) is 0 Å². The number of hydrogen-bond acceptors (Lipinski definition) is 3. The molecule has 1 aromatic heterocycles. The Morgan fingerprint density at radius 2 is 1.52 bits per heavy atom. The molecule has 0 radical (unpaired) electrons. The van der Waals surface area contributed by atoms with Crippen molar-refractivity contribution in [1.82, 2.24) is 0 Å². The van der Waals surface area contributed by atoms with E-state index in [-0.39, 0.29) is 24.1 Å². The molecule has 1 atom stereocenters. The van der Waals surface area contributed by atoms with Crippen molar-refractivity contribution in [3.8, 4) is 0 Å². The van der Waals surface area contributed by atoms with Gasteiger partial charge in [0.15, 0.2) is 0 Å². The highest BCUT2D eigenvalue weighted by molar-refractivity contribution is 7.10. The largest absolute Gasteiger partial charge is 0.471 e. The normalized spacial score (nSPS) is 21.4. The highest BCUT2D eigenvalue weighted by Crippen LogP contribution is 2.43. The Morgan fingerprint density at radius 3 is 2.05 bits per heavy atom. The summed E-state index contributed by atoms with van der Waals surface area (Å²) in [7, 11) is -0.254. The Morgan fingerprint density at radius 1 is 0.905 bits per heavy atom. The average molecular weight is 300 g/mol. The van der Waals surface area contributed by atoms with Gasteiger partial charge < -0.3 is 9.31 Å². The van der Waals surface area contributed by atoms with Crippen molar-refractivity contribution >= 4 is 18.5 Å². The lowest BCUT2D eigenvalue weighted by Gasteiger charge is -2.32. The minimum atomic E-state index is -0.304. The standard InChI is InChI=1S/C17H21BO2S/c1-16(2)17(3,4)20-18(19-16)15(14-11-8-12-21-14)13-9-6-5-7-10-13/h5-12,15H,1-4H3. The summed E-state index contributed by atoms with van der Waals surface area (Å²) in [5.41, 5.74) is 0.627. The van der Waals surface area contributed by atoms with E-state index in [0.29, 0.717) is 0 Å². The SMILES string of the molecule is CC1(C)OB(C(c2ccccc2)c2cccs2)OC1(C)C.